The highest BCUT2D eigenvalue weighted by Gasteiger charge is 2.19. The van der Waals surface area contributed by atoms with E-state index in [4.69, 9.17) is 18.6 Å². The van der Waals surface area contributed by atoms with Crippen LogP contribution in [0.15, 0.2) is 71.4 Å². The minimum Gasteiger partial charge on any atom is -0.497 e. The summed E-state index contributed by atoms with van der Waals surface area (Å²) in [6, 6.07) is 17.2. The minimum absolute atomic E-state index is 0.223. The summed E-state index contributed by atoms with van der Waals surface area (Å²) in [4.78, 5) is 12.8. The lowest BCUT2D eigenvalue weighted by atomic mass is 9.96. The van der Waals surface area contributed by atoms with Crippen molar-refractivity contribution in [3.63, 3.8) is 0 Å². The molecule has 4 aromatic rings. The quantitative estimate of drug-likeness (QED) is 0.253. The van der Waals surface area contributed by atoms with Crippen LogP contribution < -0.4 is 19.5 Å². The van der Waals surface area contributed by atoms with E-state index in [9.17, 15) is 4.79 Å². The largest absolute Gasteiger partial charge is 0.497 e. The second-order valence-electron chi connectivity index (χ2n) is 8.34. The number of methoxy groups -OCH3 is 1. The van der Waals surface area contributed by atoms with Crippen molar-refractivity contribution in [3.05, 3.63) is 78.1 Å². The summed E-state index contributed by atoms with van der Waals surface area (Å²) >= 11 is 0. The van der Waals surface area contributed by atoms with E-state index in [1.807, 2.05) is 82.3 Å². The van der Waals surface area contributed by atoms with Crippen molar-refractivity contribution in [1.82, 2.24) is 0 Å². The summed E-state index contributed by atoms with van der Waals surface area (Å²) in [6.07, 6.45) is 3.35. The van der Waals surface area contributed by atoms with Gasteiger partial charge in [0.2, 0.25) is 5.91 Å². The molecule has 0 saturated heterocycles. The molecule has 0 aliphatic heterocycles. The predicted octanol–water partition coefficient (Wildman–Crippen LogP) is 7.26. The number of furan rings is 1. The normalized spacial score (nSPS) is 11.4. The molecule has 0 aliphatic rings. The first-order valence-corrected chi connectivity index (χ1v) is 12.0. The maximum atomic E-state index is 12.8. The summed E-state index contributed by atoms with van der Waals surface area (Å²) in [5, 5.41) is 3.87. The van der Waals surface area contributed by atoms with Crippen molar-refractivity contribution in [2.45, 2.75) is 27.7 Å². The fourth-order valence-corrected chi connectivity index (χ4v) is 4.19. The van der Waals surface area contributed by atoms with E-state index >= 15 is 0 Å². The fourth-order valence-electron chi connectivity index (χ4n) is 4.19. The number of carbonyl (C=O) groups excluding carboxylic acids is 1. The van der Waals surface area contributed by atoms with E-state index in [-0.39, 0.29) is 5.91 Å². The predicted molar refractivity (Wildman–Crippen MR) is 144 cm³/mol. The highest BCUT2D eigenvalue weighted by atomic mass is 16.5. The molecule has 0 atom stereocenters. The summed E-state index contributed by atoms with van der Waals surface area (Å²) in [5.41, 5.74) is 5.96. The van der Waals surface area contributed by atoms with Crippen LogP contribution in [0.2, 0.25) is 0 Å². The molecule has 0 aliphatic carbocycles. The number of hydrogen-bond acceptors (Lipinski definition) is 5. The van der Waals surface area contributed by atoms with Gasteiger partial charge in [0.1, 0.15) is 22.8 Å². The summed E-state index contributed by atoms with van der Waals surface area (Å²) in [6.45, 7) is 8.85. The average molecular weight is 486 g/mol. The second-order valence-corrected chi connectivity index (χ2v) is 8.34. The third-order valence-corrected chi connectivity index (χ3v) is 5.94. The Bertz CT molecular complexity index is 1380. The van der Waals surface area contributed by atoms with E-state index in [1.165, 1.54) is 0 Å². The van der Waals surface area contributed by atoms with E-state index in [1.54, 1.807) is 19.4 Å². The van der Waals surface area contributed by atoms with E-state index in [0.717, 1.165) is 50.3 Å². The highest BCUT2D eigenvalue weighted by Crippen LogP contribution is 2.41. The van der Waals surface area contributed by atoms with Crippen molar-refractivity contribution in [2.75, 3.05) is 25.6 Å². The molecule has 1 aromatic heterocycles. The van der Waals surface area contributed by atoms with Crippen molar-refractivity contribution in [3.8, 4) is 28.4 Å². The molecular formula is C30H31NO5. The van der Waals surface area contributed by atoms with Gasteiger partial charge in [0.25, 0.3) is 0 Å². The van der Waals surface area contributed by atoms with Crippen LogP contribution in [0, 0.1) is 6.92 Å². The number of rotatable bonds is 9. The third kappa shape index (κ3) is 5.23. The third-order valence-electron chi connectivity index (χ3n) is 5.94. The Morgan fingerprint density at radius 2 is 1.64 bits per heavy atom. The maximum absolute atomic E-state index is 12.8. The molecule has 6 nitrogen and oxygen atoms in total. The van der Waals surface area contributed by atoms with Gasteiger partial charge < -0.3 is 23.9 Å². The Labute approximate surface area is 211 Å². The van der Waals surface area contributed by atoms with E-state index in [0.29, 0.717) is 24.7 Å². The van der Waals surface area contributed by atoms with Gasteiger partial charge in [0.05, 0.1) is 26.6 Å². The van der Waals surface area contributed by atoms with Gasteiger partial charge in [-0.2, -0.15) is 0 Å². The first kappa shape index (κ1) is 24.9. The molecule has 0 fully saturated rings. The van der Waals surface area contributed by atoms with Gasteiger partial charge >= 0.3 is 0 Å². The van der Waals surface area contributed by atoms with Gasteiger partial charge in [-0.3, -0.25) is 4.79 Å². The van der Waals surface area contributed by atoms with Crippen LogP contribution in [0.5, 0.6) is 17.2 Å². The summed E-state index contributed by atoms with van der Waals surface area (Å²) in [5.74, 6) is 2.04. The zero-order valence-electron chi connectivity index (χ0n) is 21.3. The van der Waals surface area contributed by atoms with Gasteiger partial charge in [-0.05, 0) is 81.3 Å². The fraction of sp³-hybridized carbons (Fsp3) is 0.233. The van der Waals surface area contributed by atoms with Crippen LogP contribution in [-0.4, -0.2) is 26.2 Å². The van der Waals surface area contributed by atoms with Crippen molar-refractivity contribution in [1.29, 1.82) is 0 Å². The van der Waals surface area contributed by atoms with Crippen molar-refractivity contribution >= 4 is 28.1 Å². The van der Waals surface area contributed by atoms with Crippen LogP contribution in [0.25, 0.3) is 27.7 Å². The number of ether oxygens (including phenoxy) is 3. The summed E-state index contributed by atoms with van der Waals surface area (Å²) in [7, 11) is 1.65. The highest BCUT2D eigenvalue weighted by molar-refractivity contribution is 6.06. The van der Waals surface area contributed by atoms with Gasteiger partial charge in [-0.1, -0.05) is 12.1 Å². The number of allylic oxidation sites excluding steroid dienone is 1. The Kier molecular flexibility index (Phi) is 7.64. The second kappa shape index (κ2) is 11.0. The van der Waals surface area contributed by atoms with Crippen LogP contribution >= 0.6 is 0 Å². The average Bonchev–Trinajstić information content (AvgIpc) is 3.31. The molecule has 0 radical (unpaired) electrons. The molecule has 0 saturated carbocycles. The molecule has 1 heterocycles. The van der Waals surface area contributed by atoms with Gasteiger partial charge in [-0.15, -0.1) is 0 Å². The Hall–Kier alpha value is -4.19. The Morgan fingerprint density at radius 3 is 2.28 bits per heavy atom. The lowest BCUT2D eigenvalue weighted by Crippen LogP contribution is -2.09. The van der Waals surface area contributed by atoms with Crippen molar-refractivity contribution in [2.24, 2.45) is 0 Å². The molecule has 6 heteroatoms. The van der Waals surface area contributed by atoms with Crippen LogP contribution in [0.1, 0.15) is 31.9 Å². The van der Waals surface area contributed by atoms with E-state index < -0.39 is 0 Å². The van der Waals surface area contributed by atoms with Crippen LogP contribution in [0.3, 0.4) is 0 Å². The molecule has 0 unspecified atom stereocenters. The summed E-state index contributed by atoms with van der Waals surface area (Å²) < 4.78 is 22.8. The minimum atomic E-state index is -0.223. The van der Waals surface area contributed by atoms with Crippen molar-refractivity contribution < 1.29 is 23.4 Å². The smallest absolute Gasteiger partial charge is 0.248 e. The number of fused-ring (bicyclic) bond motifs is 1. The standard InChI is InChI=1S/C30H31NO5/c1-6-34-24-14-10-22(11-15-24)31-28(32)16-19(3)25-17-26-27(21-8-12-23(33-5)13-9-21)18-36-30(26)20(4)29(25)35-7-2/h8-18H,6-7H2,1-5H3,(H,31,32)/b19-16+. The number of amides is 1. The molecule has 0 bridgehead atoms. The number of anilines is 1. The topological polar surface area (TPSA) is 69.9 Å². The Morgan fingerprint density at radius 1 is 0.972 bits per heavy atom. The molecule has 186 valence electrons. The van der Waals surface area contributed by atoms with Crippen LogP contribution in [0.4, 0.5) is 5.69 Å². The van der Waals surface area contributed by atoms with Gasteiger partial charge in [-0.25, -0.2) is 0 Å². The monoisotopic (exact) mass is 485 g/mol. The number of hydrogen-bond donors (Lipinski definition) is 1. The van der Waals surface area contributed by atoms with Gasteiger partial charge in [0.15, 0.2) is 0 Å². The number of nitrogens with one attached hydrogen (secondary N) is 1. The first-order chi connectivity index (χ1) is 17.4. The zero-order valence-corrected chi connectivity index (χ0v) is 21.3. The molecule has 36 heavy (non-hydrogen) atoms. The molecule has 3 aromatic carbocycles. The number of carbonyl (C=O) groups is 1. The van der Waals surface area contributed by atoms with E-state index in [2.05, 4.69) is 5.32 Å². The van der Waals surface area contributed by atoms with Crippen LogP contribution in [-0.2, 0) is 4.79 Å². The lowest BCUT2D eigenvalue weighted by molar-refractivity contribution is -0.111. The lowest BCUT2D eigenvalue weighted by Gasteiger charge is -2.15. The number of aryl methyl sites for hydroxylation is 1. The zero-order chi connectivity index (χ0) is 25.7. The molecule has 1 N–H and O–H groups in total. The number of benzene rings is 3. The molecule has 0 spiro atoms. The maximum Gasteiger partial charge on any atom is 0.248 e. The SMILES string of the molecule is CCOc1ccc(NC(=O)/C=C(\C)c2cc3c(-c4ccc(OC)cc4)coc3c(C)c2OCC)cc1. The molecule has 1 amide bonds. The van der Waals surface area contributed by atoms with Gasteiger partial charge in [0, 0.05) is 33.8 Å². The first-order valence-electron chi connectivity index (χ1n) is 12.0. The molecular weight excluding hydrogens is 454 g/mol. The Balaban J connectivity index is 1.70. The molecule has 4 rings (SSSR count).